The van der Waals surface area contributed by atoms with Crippen LogP contribution in [-0.2, 0) is 6.61 Å². The third-order valence-electron chi connectivity index (χ3n) is 6.23. The van der Waals surface area contributed by atoms with Crippen molar-refractivity contribution >= 4 is 21.8 Å². The van der Waals surface area contributed by atoms with E-state index in [1.54, 1.807) is 0 Å². The van der Waals surface area contributed by atoms with Gasteiger partial charge in [-0.05, 0) is 55.1 Å². The van der Waals surface area contributed by atoms with Gasteiger partial charge in [0.05, 0.1) is 11.0 Å². The monoisotopic (exact) mass is 454 g/mol. The van der Waals surface area contributed by atoms with Crippen molar-refractivity contribution in [1.82, 2.24) is 19.7 Å². The van der Waals surface area contributed by atoms with E-state index in [2.05, 4.69) is 70.0 Å². The molecule has 0 saturated heterocycles. The lowest BCUT2D eigenvalue weighted by atomic mass is 10.2. The summed E-state index contributed by atoms with van der Waals surface area (Å²) >= 11 is 0. The number of benzene rings is 3. The molecule has 6 nitrogen and oxygen atoms in total. The first-order valence-corrected chi connectivity index (χ1v) is 11.9. The number of nitrogens with zero attached hydrogens (tertiary/aromatic N) is 3. The number of hydrogen-bond acceptors (Lipinski definition) is 4. The summed E-state index contributed by atoms with van der Waals surface area (Å²) in [6.07, 6.45) is 2.05. The first-order chi connectivity index (χ1) is 16.7. The summed E-state index contributed by atoms with van der Waals surface area (Å²) < 4.78 is 14.2. The average Bonchev–Trinajstić information content (AvgIpc) is 3.49. The summed E-state index contributed by atoms with van der Waals surface area (Å²) in [7, 11) is 0. The molecule has 0 spiro atoms. The Labute approximate surface area is 199 Å². The Balaban J connectivity index is 1.40. The quantitative estimate of drug-likeness (QED) is 0.289. The number of H-pyrrole nitrogens is 1. The molecule has 174 valence electrons. The lowest BCUT2D eigenvalue weighted by Gasteiger charge is -2.18. The highest BCUT2D eigenvalue weighted by Crippen LogP contribution is 2.30. The smallest absolute Gasteiger partial charge is 0.166 e. The molecule has 2 aromatic heterocycles. The number of nitrogens with one attached hydrogen (secondary N) is 1. The van der Waals surface area contributed by atoms with Crippen molar-refractivity contribution in [2.24, 2.45) is 0 Å². The molecule has 1 N–H and O–H groups in total. The Hall–Kier alpha value is -3.77. The van der Waals surface area contributed by atoms with Crippen molar-refractivity contribution < 1.29 is 9.47 Å². The first kappa shape index (κ1) is 22.0. The molecule has 6 heteroatoms. The van der Waals surface area contributed by atoms with Crippen LogP contribution < -0.4 is 9.47 Å². The normalized spacial score (nSPS) is 11.5. The number of rotatable bonds is 10. The average molecular weight is 455 g/mol. The summed E-state index contributed by atoms with van der Waals surface area (Å²) in [5.74, 6) is 2.53. The fourth-order valence-corrected chi connectivity index (χ4v) is 4.21. The fraction of sp³-hybridized carbons (Fsp3) is 0.250. The van der Waals surface area contributed by atoms with Crippen LogP contribution in [0.5, 0.6) is 11.5 Å². The lowest BCUT2D eigenvalue weighted by Crippen LogP contribution is -2.27. The molecule has 0 radical (unpaired) electrons. The summed E-state index contributed by atoms with van der Waals surface area (Å²) in [5, 5.41) is 9.93. The van der Waals surface area contributed by atoms with Gasteiger partial charge in [-0.1, -0.05) is 44.2 Å². The SMILES string of the molecule is CCN(CC)CCOc1ccc2ccn(-c3n[nH]c4ccc(OCc5ccccc5)cc34)c2c1. The molecular weight excluding hydrogens is 424 g/mol. The van der Waals surface area contributed by atoms with Gasteiger partial charge in [-0.25, -0.2) is 0 Å². The maximum Gasteiger partial charge on any atom is 0.166 e. The van der Waals surface area contributed by atoms with Crippen LogP contribution in [0, 0.1) is 0 Å². The zero-order valence-electron chi connectivity index (χ0n) is 19.7. The highest BCUT2D eigenvalue weighted by atomic mass is 16.5. The van der Waals surface area contributed by atoms with Gasteiger partial charge >= 0.3 is 0 Å². The highest BCUT2D eigenvalue weighted by molar-refractivity contribution is 5.91. The molecule has 0 aliphatic rings. The van der Waals surface area contributed by atoms with E-state index in [9.17, 15) is 0 Å². The Bertz CT molecular complexity index is 1370. The molecular formula is C28H30N4O2. The van der Waals surface area contributed by atoms with E-state index in [-0.39, 0.29) is 0 Å². The minimum Gasteiger partial charge on any atom is -0.492 e. The summed E-state index contributed by atoms with van der Waals surface area (Å²) in [5.41, 5.74) is 3.17. The standard InChI is InChI=1S/C28H30N4O2/c1-3-31(4-2)16-17-33-24-11-10-22-14-15-32(27(22)19-24)28-25-18-23(12-13-26(25)29-30-28)34-20-21-8-6-5-7-9-21/h5-15,18-19H,3-4,16-17,20H2,1-2H3,(H,29,30). The van der Waals surface area contributed by atoms with E-state index in [4.69, 9.17) is 9.47 Å². The second-order valence-electron chi connectivity index (χ2n) is 8.31. The maximum absolute atomic E-state index is 6.07. The van der Waals surface area contributed by atoms with Gasteiger partial charge < -0.3 is 14.4 Å². The molecule has 5 aromatic rings. The Morgan fingerprint density at radius 1 is 0.882 bits per heavy atom. The number of aromatic nitrogens is 3. The molecule has 2 heterocycles. The van der Waals surface area contributed by atoms with Crippen molar-refractivity contribution in [3.8, 4) is 17.3 Å². The van der Waals surface area contributed by atoms with E-state index in [1.165, 1.54) is 0 Å². The second-order valence-corrected chi connectivity index (χ2v) is 8.31. The van der Waals surface area contributed by atoms with Crippen LogP contribution >= 0.6 is 0 Å². The minimum absolute atomic E-state index is 0.528. The van der Waals surface area contributed by atoms with Gasteiger partial charge in [-0.3, -0.25) is 9.67 Å². The van der Waals surface area contributed by atoms with Crippen molar-refractivity contribution in [1.29, 1.82) is 0 Å². The molecule has 0 fully saturated rings. The Kier molecular flexibility index (Phi) is 6.49. The first-order valence-electron chi connectivity index (χ1n) is 11.9. The van der Waals surface area contributed by atoms with Crippen molar-refractivity contribution in [3.63, 3.8) is 0 Å². The van der Waals surface area contributed by atoms with Crippen LogP contribution in [0.3, 0.4) is 0 Å². The largest absolute Gasteiger partial charge is 0.492 e. The predicted molar refractivity (Wildman–Crippen MR) is 137 cm³/mol. The van der Waals surface area contributed by atoms with E-state index in [0.717, 1.165) is 64.3 Å². The number of ether oxygens (including phenoxy) is 2. The van der Waals surface area contributed by atoms with Crippen LogP contribution in [-0.4, -0.2) is 45.9 Å². The number of hydrogen-bond donors (Lipinski definition) is 1. The van der Waals surface area contributed by atoms with Crippen molar-refractivity contribution in [2.45, 2.75) is 20.5 Å². The lowest BCUT2D eigenvalue weighted by molar-refractivity contribution is 0.223. The van der Waals surface area contributed by atoms with Crippen LogP contribution in [0.25, 0.3) is 27.6 Å². The van der Waals surface area contributed by atoms with Gasteiger partial charge in [-0.2, -0.15) is 5.10 Å². The van der Waals surface area contributed by atoms with Crippen LogP contribution in [0.1, 0.15) is 19.4 Å². The van der Waals surface area contributed by atoms with E-state index < -0.39 is 0 Å². The van der Waals surface area contributed by atoms with Gasteiger partial charge in [0.25, 0.3) is 0 Å². The minimum atomic E-state index is 0.528. The number of likely N-dealkylation sites (N-methyl/N-ethyl adjacent to an activating group) is 1. The van der Waals surface area contributed by atoms with Crippen LogP contribution in [0.15, 0.2) is 79.0 Å². The summed E-state index contributed by atoms with van der Waals surface area (Å²) in [6, 6.07) is 24.6. The van der Waals surface area contributed by atoms with E-state index in [0.29, 0.717) is 13.2 Å². The molecule has 0 bridgehead atoms. The topological polar surface area (TPSA) is 55.3 Å². The third kappa shape index (κ3) is 4.63. The molecule has 0 saturated carbocycles. The van der Waals surface area contributed by atoms with Crippen molar-refractivity contribution in [2.75, 3.05) is 26.2 Å². The van der Waals surface area contributed by atoms with Gasteiger partial charge in [0, 0.05) is 29.6 Å². The molecule has 3 aromatic carbocycles. The maximum atomic E-state index is 6.07. The predicted octanol–water partition coefficient (Wildman–Crippen LogP) is 5.81. The molecule has 5 rings (SSSR count). The molecule has 0 atom stereocenters. The van der Waals surface area contributed by atoms with Gasteiger partial charge in [0.15, 0.2) is 5.82 Å². The Morgan fingerprint density at radius 3 is 2.50 bits per heavy atom. The van der Waals surface area contributed by atoms with Gasteiger partial charge in [-0.15, -0.1) is 0 Å². The molecule has 0 amide bonds. The highest BCUT2D eigenvalue weighted by Gasteiger charge is 2.13. The van der Waals surface area contributed by atoms with E-state index >= 15 is 0 Å². The summed E-state index contributed by atoms with van der Waals surface area (Å²) in [6.45, 7) is 8.53. The zero-order chi connectivity index (χ0) is 23.3. The van der Waals surface area contributed by atoms with Gasteiger partial charge in [0.2, 0.25) is 0 Å². The molecule has 34 heavy (non-hydrogen) atoms. The van der Waals surface area contributed by atoms with Gasteiger partial charge in [0.1, 0.15) is 24.7 Å². The second kappa shape index (κ2) is 10.0. The Morgan fingerprint density at radius 2 is 1.68 bits per heavy atom. The number of aromatic amines is 1. The zero-order valence-corrected chi connectivity index (χ0v) is 19.7. The van der Waals surface area contributed by atoms with E-state index in [1.807, 2.05) is 42.5 Å². The fourth-order valence-electron chi connectivity index (χ4n) is 4.21. The third-order valence-corrected chi connectivity index (χ3v) is 6.23. The van der Waals surface area contributed by atoms with Crippen molar-refractivity contribution in [3.05, 3.63) is 84.6 Å². The molecule has 0 aliphatic heterocycles. The molecule has 0 aliphatic carbocycles. The molecule has 0 unspecified atom stereocenters. The van der Waals surface area contributed by atoms with Crippen LogP contribution in [0.2, 0.25) is 0 Å². The summed E-state index contributed by atoms with van der Waals surface area (Å²) in [4.78, 5) is 2.36. The number of fused-ring (bicyclic) bond motifs is 2. The van der Waals surface area contributed by atoms with Crippen LogP contribution in [0.4, 0.5) is 0 Å².